The molecule has 0 amide bonds. The summed E-state index contributed by atoms with van der Waals surface area (Å²) in [6.07, 6.45) is 1.83. The lowest BCUT2D eigenvalue weighted by Crippen LogP contribution is -2.17. The van der Waals surface area contributed by atoms with E-state index in [1.165, 1.54) is 11.1 Å². The minimum Gasteiger partial charge on any atom is -0.355 e. The maximum absolute atomic E-state index is 4.35. The van der Waals surface area contributed by atoms with E-state index in [0.717, 1.165) is 12.4 Å². The van der Waals surface area contributed by atoms with Crippen LogP contribution < -0.4 is 4.90 Å². The highest BCUT2D eigenvalue weighted by Gasteiger charge is 2.03. The standard InChI is InChI=1S/C16H20N2/c1-13(2)15-9-7-14(8-10-15)12-18(3)16-6-4-5-11-17-16/h4-11,13H,12H2,1-3H3. The van der Waals surface area contributed by atoms with Gasteiger partial charge in [-0.3, -0.25) is 0 Å². The quantitative estimate of drug-likeness (QED) is 0.807. The number of hydrogen-bond acceptors (Lipinski definition) is 2. The number of pyridine rings is 1. The number of rotatable bonds is 4. The summed E-state index contributed by atoms with van der Waals surface area (Å²) in [7, 11) is 2.07. The number of anilines is 1. The Balaban J connectivity index is 2.05. The van der Waals surface area contributed by atoms with Crippen molar-refractivity contribution in [3.63, 3.8) is 0 Å². The van der Waals surface area contributed by atoms with Crippen LogP contribution in [0.3, 0.4) is 0 Å². The van der Waals surface area contributed by atoms with Gasteiger partial charge in [-0.1, -0.05) is 44.2 Å². The molecule has 1 aromatic heterocycles. The number of hydrogen-bond donors (Lipinski definition) is 0. The van der Waals surface area contributed by atoms with Crippen molar-refractivity contribution in [2.45, 2.75) is 26.3 Å². The highest BCUT2D eigenvalue weighted by atomic mass is 15.2. The van der Waals surface area contributed by atoms with Crippen molar-refractivity contribution in [3.8, 4) is 0 Å². The van der Waals surface area contributed by atoms with E-state index in [0.29, 0.717) is 5.92 Å². The largest absolute Gasteiger partial charge is 0.355 e. The minimum absolute atomic E-state index is 0.590. The summed E-state index contributed by atoms with van der Waals surface area (Å²) >= 11 is 0. The Kier molecular flexibility index (Phi) is 3.98. The van der Waals surface area contributed by atoms with Gasteiger partial charge in [0.15, 0.2) is 0 Å². The molecule has 2 heteroatoms. The van der Waals surface area contributed by atoms with Gasteiger partial charge in [0.25, 0.3) is 0 Å². The Morgan fingerprint density at radius 2 is 1.78 bits per heavy atom. The van der Waals surface area contributed by atoms with E-state index in [4.69, 9.17) is 0 Å². The molecule has 0 aliphatic carbocycles. The molecule has 0 aliphatic heterocycles. The Bertz CT molecular complexity index is 474. The second kappa shape index (κ2) is 5.67. The molecule has 2 aromatic rings. The highest BCUT2D eigenvalue weighted by Crippen LogP contribution is 2.16. The second-order valence-corrected chi connectivity index (χ2v) is 4.94. The van der Waals surface area contributed by atoms with E-state index in [1.807, 2.05) is 24.4 Å². The normalized spacial score (nSPS) is 10.7. The molecular formula is C16H20N2. The Morgan fingerprint density at radius 3 is 2.33 bits per heavy atom. The molecule has 18 heavy (non-hydrogen) atoms. The van der Waals surface area contributed by atoms with Crippen molar-refractivity contribution in [1.82, 2.24) is 4.98 Å². The summed E-state index contributed by atoms with van der Waals surface area (Å²) in [4.78, 5) is 6.50. The fraction of sp³-hybridized carbons (Fsp3) is 0.312. The van der Waals surface area contributed by atoms with E-state index in [9.17, 15) is 0 Å². The van der Waals surface area contributed by atoms with Gasteiger partial charge in [0, 0.05) is 19.8 Å². The summed E-state index contributed by atoms with van der Waals surface area (Å²) in [5, 5.41) is 0. The SMILES string of the molecule is CC(C)c1ccc(CN(C)c2ccccn2)cc1. The fourth-order valence-corrected chi connectivity index (χ4v) is 1.94. The van der Waals surface area contributed by atoms with Gasteiger partial charge in [0.05, 0.1) is 0 Å². The molecule has 0 saturated carbocycles. The van der Waals surface area contributed by atoms with Gasteiger partial charge < -0.3 is 4.90 Å². The zero-order chi connectivity index (χ0) is 13.0. The van der Waals surface area contributed by atoms with Crippen molar-refractivity contribution >= 4 is 5.82 Å². The summed E-state index contributed by atoms with van der Waals surface area (Å²) in [5.74, 6) is 1.60. The number of aromatic nitrogens is 1. The monoisotopic (exact) mass is 240 g/mol. The maximum Gasteiger partial charge on any atom is 0.128 e. The third-order valence-electron chi connectivity index (χ3n) is 3.11. The molecule has 1 heterocycles. The van der Waals surface area contributed by atoms with Gasteiger partial charge in [-0.2, -0.15) is 0 Å². The first-order valence-corrected chi connectivity index (χ1v) is 6.38. The minimum atomic E-state index is 0.590. The van der Waals surface area contributed by atoms with Crippen LogP contribution in [0, 0.1) is 0 Å². The van der Waals surface area contributed by atoms with E-state index >= 15 is 0 Å². The molecular weight excluding hydrogens is 220 g/mol. The predicted molar refractivity (Wildman–Crippen MR) is 76.9 cm³/mol. The molecule has 2 rings (SSSR count). The first kappa shape index (κ1) is 12.6. The maximum atomic E-state index is 4.35. The highest BCUT2D eigenvalue weighted by molar-refractivity contribution is 5.38. The smallest absolute Gasteiger partial charge is 0.128 e. The molecule has 1 aromatic carbocycles. The molecule has 2 nitrogen and oxygen atoms in total. The molecule has 0 N–H and O–H groups in total. The molecule has 0 aliphatic rings. The third-order valence-corrected chi connectivity index (χ3v) is 3.11. The van der Waals surface area contributed by atoms with Crippen LogP contribution in [0.25, 0.3) is 0 Å². The van der Waals surface area contributed by atoms with E-state index in [-0.39, 0.29) is 0 Å². The number of nitrogens with zero attached hydrogens (tertiary/aromatic N) is 2. The predicted octanol–water partition coefficient (Wildman–Crippen LogP) is 3.84. The van der Waals surface area contributed by atoms with Gasteiger partial charge in [-0.25, -0.2) is 4.98 Å². The van der Waals surface area contributed by atoms with Crippen molar-refractivity contribution in [2.75, 3.05) is 11.9 Å². The van der Waals surface area contributed by atoms with Crippen LogP contribution in [-0.4, -0.2) is 12.0 Å². The van der Waals surface area contributed by atoms with Crippen LogP contribution in [0.2, 0.25) is 0 Å². The lowest BCUT2D eigenvalue weighted by Gasteiger charge is -2.18. The lowest BCUT2D eigenvalue weighted by molar-refractivity contribution is 0.858. The molecule has 0 unspecified atom stereocenters. The molecule has 0 atom stereocenters. The van der Waals surface area contributed by atoms with Crippen LogP contribution >= 0.6 is 0 Å². The van der Waals surface area contributed by atoms with Crippen molar-refractivity contribution in [3.05, 3.63) is 59.8 Å². The first-order chi connectivity index (χ1) is 8.66. The van der Waals surface area contributed by atoms with E-state index in [2.05, 4.69) is 55.0 Å². The van der Waals surface area contributed by atoms with Crippen LogP contribution in [0.4, 0.5) is 5.82 Å². The first-order valence-electron chi connectivity index (χ1n) is 6.38. The zero-order valence-corrected chi connectivity index (χ0v) is 11.3. The lowest BCUT2D eigenvalue weighted by atomic mass is 10.0. The van der Waals surface area contributed by atoms with Crippen molar-refractivity contribution in [1.29, 1.82) is 0 Å². The molecule has 94 valence electrons. The van der Waals surface area contributed by atoms with Crippen LogP contribution in [0.1, 0.15) is 30.9 Å². The zero-order valence-electron chi connectivity index (χ0n) is 11.3. The van der Waals surface area contributed by atoms with Gasteiger partial charge in [0.1, 0.15) is 5.82 Å². The van der Waals surface area contributed by atoms with Crippen molar-refractivity contribution < 1.29 is 0 Å². The summed E-state index contributed by atoms with van der Waals surface area (Å²) in [5.41, 5.74) is 2.70. The number of benzene rings is 1. The second-order valence-electron chi connectivity index (χ2n) is 4.94. The van der Waals surface area contributed by atoms with Crippen LogP contribution in [-0.2, 0) is 6.54 Å². The van der Waals surface area contributed by atoms with Gasteiger partial charge in [-0.15, -0.1) is 0 Å². The van der Waals surface area contributed by atoms with E-state index in [1.54, 1.807) is 0 Å². The molecule has 0 fully saturated rings. The van der Waals surface area contributed by atoms with Gasteiger partial charge in [0.2, 0.25) is 0 Å². The summed E-state index contributed by atoms with van der Waals surface area (Å²) in [6.45, 7) is 5.32. The third kappa shape index (κ3) is 3.10. The van der Waals surface area contributed by atoms with Gasteiger partial charge >= 0.3 is 0 Å². The Hall–Kier alpha value is -1.83. The van der Waals surface area contributed by atoms with Gasteiger partial charge in [-0.05, 0) is 29.2 Å². The van der Waals surface area contributed by atoms with Crippen LogP contribution in [0.15, 0.2) is 48.7 Å². The fourth-order valence-electron chi connectivity index (χ4n) is 1.94. The molecule has 0 spiro atoms. The average molecular weight is 240 g/mol. The topological polar surface area (TPSA) is 16.1 Å². The Labute approximate surface area is 109 Å². The average Bonchev–Trinajstić information content (AvgIpc) is 2.40. The van der Waals surface area contributed by atoms with E-state index < -0.39 is 0 Å². The summed E-state index contributed by atoms with van der Waals surface area (Å²) in [6, 6.07) is 14.8. The molecule has 0 radical (unpaired) electrons. The Morgan fingerprint density at radius 1 is 1.06 bits per heavy atom. The summed E-state index contributed by atoms with van der Waals surface area (Å²) < 4.78 is 0. The van der Waals surface area contributed by atoms with Crippen molar-refractivity contribution in [2.24, 2.45) is 0 Å². The molecule has 0 bridgehead atoms. The molecule has 0 saturated heterocycles. The van der Waals surface area contributed by atoms with Crippen LogP contribution in [0.5, 0.6) is 0 Å².